The molecule has 110 valence electrons. The third-order valence-corrected chi connectivity index (χ3v) is 4.65. The monoisotopic (exact) mass is 275 g/mol. The lowest BCUT2D eigenvalue weighted by Crippen LogP contribution is -2.43. The lowest BCUT2D eigenvalue weighted by molar-refractivity contribution is -0.153. The number of nitrogens with two attached hydrogens (primary N) is 1. The highest BCUT2D eigenvalue weighted by atomic mass is 16.5. The van der Waals surface area contributed by atoms with Crippen molar-refractivity contribution >= 4 is 5.97 Å². The van der Waals surface area contributed by atoms with Crippen molar-refractivity contribution in [2.45, 2.75) is 40.0 Å². The standard InChI is InChI=1S/C17H25NO2/c1-11-7-12(2)15(13(3)8-11)9-17(10-18,14-5-6-14)16(19)20-4/h7-8,14H,5-6,9-10,18H2,1-4H3. The van der Waals surface area contributed by atoms with Gasteiger partial charge in [0.1, 0.15) is 0 Å². The Labute approximate surface area is 121 Å². The van der Waals surface area contributed by atoms with Gasteiger partial charge in [-0.3, -0.25) is 4.79 Å². The molecule has 0 amide bonds. The summed E-state index contributed by atoms with van der Waals surface area (Å²) in [7, 11) is 1.46. The highest BCUT2D eigenvalue weighted by Crippen LogP contribution is 2.48. The topological polar surface area (TPSA) is 52.3 Å². The van der Waals surface area contributed by atoms with Gasteiger partial charge in [-0.25, -0.2) is 0 Å². The van der Waals surface area contributed by atoms with Crippen LogP contribution in [0.25, 0.3) is 0 Å². The summed E-state index contributed by atoms with van der Waals surface area (Å²) in [6.07, 6.45) is 2.85. The van der Waals surface area contributed by atoms with E-state index in [1.54, 1.807) is 0 Å². The van der Waals surface area contributed by atoms with Crippen LogP contribution in [-0.2, 0) is 16.0 Å². The number of rotatable bonds is 5. The molecule has 3 heteroatoms. The molecule has 1 aliphatic carbocycles. The molecular formula is C17H25NO2. The maximum atomic E-state index is 12.3. The second-order valence-electron chi connectivity index (χ2n) is 6.18. The van der Waals surface area contributed by atoms with E-state index in [0.29, 0.717) is 18.9 Å². The van der Waals surface area contributed by atoms with E-state index in [2.05, 4.69) is 32.9 Å². The van der Waals surface area contributed by atoms with Gasteiger partial charge >= 0.3 is 5.97 Å². The first-order chi connectivity index (χ1) is 9.44. The van der Waals surface area contributed by atoms with Gasteiger partial charge in [-0.05, 0) is 62.6 Å². The Morgan fingerprint density at radius 2 is 1.85 bits per heavy atom. The number of ether oxygens (including phenoxy) is 1. The van der Waals surface area contributed by atoms with Crippen molar-refractivity contribution in [1.82, 2.24) is 0 Å². The van der Waals surface area contributed by atoms with Crippen molar-refractivity contribution in [2.75, 3.05) is 13.7 Å². The highest BCUT2D eigenvalue weighted by molar-refractivity contribution is 5.78. The summed E-state index contributed by atoms with van der Waals surface area (Å²) in [4.78, 5) is 12.3. The third kappa shape index (κ3) is 2.59. The Kier molecular flexibility index (Phi) is 4.19. The zero-order valence-corrected chi connectivity index (χ0v) is 13.0. The predicted molar refractivity (Wildman–Crippen MR) is 80.6 cm³/mol. The average molecular weight is 275 g/mol. The molecule has 1 atom stereocenters. The molecule has 20 heavy (non-hydrogen) atoms. The number of esters is 1. The molecule has 2 N–H and O–H groups in total. The molecule has 0 radical (unpaired) electrons. The quantitative estimate of drug-likeness (QED) is 0.841. The second-order valence-corrected chi connectivity index (χ2v) is 6.18. The first kappa shape index (κ1) is 15.0. The van der Waals surface area contributed by atoms with E-state index in [1.165, 1.54) is 29.4 Å². The average Bonchev–Trinajstić information content (AvgIpc) is 3.22. The lowest BCUT2D eigenvalue weighted by atomic mass is 9.75. The van der Waals surface area contributed by atoms with Gasteiger partial charge in [0.15, 0.2) is 0 Å². The SMILES string of the molecule is COC(=O)C(CN)(Cc1c(C)cc(C)cc1C)C1CC1. The van der Waals surface area contributed by atoms with Gasteiger partial charge in [-0.15, -0.1) is 0 Å². The first-order valence-electron chi connectivity index (χ1n) is 7.30. The van der Waals surface area contributed by atoms with Gasteiger partial charge in [0, 0.05) is 6.54 Å². The largest absolute Gasteiger partial charge is 0.469 e. The van der Waals surface area contributed by atoms with Crippen molar-refractivity contribution in [3.63, 3.8) is 0 Å². The molecule has 0 heterocycles. The Morgan fingerprint density at radius 1 is 1.30 bits per heavy atom. The molecule has 0 aromatic heterocycles. The first-order valence-corrected chi connectivity index (χ1v) is 7.30. The number of methoxy groups -OCH3 is 1. The number of carbonyl (C=O) groups is 1. The van der Waals surface area contributed by atoms with E-state index in [9.17, 15) is 4.79 Å². The van der Waals surface area contributed by atoms with Crippen molar-refractivity contribution in [3.8, 4) is 0 Å². The molecule has 2 rings (SSSR count). The predicted octanol–water partition coefficient (Wildman–Crippen LogP) is 2.68. The summed E-state index contributed by atoms with van der Waals surface area (Å²) in [6, 6.07) is 4.35. The van der Waals surface area contributed by atoms with Crippen LogP contribution in [0, 0.1) is 32.1 Å². The Balaban J connectivity index is 2.40. The van der Waals surface area contributed by atoms with Crippen LogP contribution in [0.2, 0.25) is 0 Å². The zero-order valence-electron chi connectivity index (χ0n) is 13.0. The fourth-order valence-electron chi connectivity index (χ4n) is 3.35. The van der Waals surface area contributed by atoms with E-state index in [4.69, 9.17) is 10.5 Å². The normalized spacial score (nSPS) is 17.6. The van der Waals surface area contributed by atoms with E-state index in [-0.39, 0.29) is 5.97 Å². The Hall–Kier alpha value is -1.35. The van der Waals surface area contributed by atoms with Crippen molar-refractivity contribution in [3.05, 3.63) is 34.4 Å². The van der Waals surface area contributed by atoms with Gasteiger partial charge in [0.2, 0.25) is 0 Å². The van der Waals surface area contributed by atoms with E-state index in [1.807, 2.05) is 0 Å². The maximum absolute atomic E-state index is 12.3. The maximum Gasteiger partial charge on any atom is 0.313 e. The van der Waals surface area contributed by atoms with Crippen molar-refractivity contribution in [2.24, 2.45) is 17.1 Å². The molecule has 1 aromatic rings. The minimum absolute atomic E-state index is 0.151. The van der Waals surface area contributed by atoms with Gasteiger partial charge < -0.3 is 10.5 Å². The van der Waals surface area contributed by atoms with E-state index < -0.39 is 5.41 Å². The highest BCUT2D eigenvalue weighted by Gasteiger charge is 2.51. The number of aryl methyl sites for hydroxylation is 3. The molecule has 1 unspecified atom stereocenters. The molecule has 3 nitrogen and oxygen atoms in total. The molecule has 0 bridgehead atoms. The fraction of sp³-hybridized carbons (Fsp3) is 0.588. The molecule has 1 aromatic carbocycles. The van der Waals surface area contributed by atoms with Crippen LogP contribution in [0.5, 0.6) is 0 Å². The lowest BCUT2D eigenvalue weighted by Gasteiger charge is -2.31. The van der Waals surface area contributed by atoms with Gasteiger partial charge in [0.05, 0.1) is 12.5 Å². The molecule has 1 saturated carbocycles. The van der Waals surface area contributed by atoms with Crippen LogP contribution in [0.1, 0.15) is 35.1 Å². The fourth-order valence-corrected chi connectivity index (χ4v) is 3.35. The number of benzene rings is 1. The molecule has 0 spiro atoms. The van der Waals surface area contributed by atoms with E-state index >= 15 is 0 Å². The van der Waals surface area contributed by atoms with Gasteiger partial charge in [-0.2, -0.15) is 0 Å². The van der Waals surface area contributed by atoms with Crippen molar-refractivity contribution < 1.29 is 9.53 Å². The number of carbonyl (C=O) groups excluding carboxylic acids is 1. The van der Waals surface area contributed by atoms with Crippen LogP contribution < -0.4 is 5.73 Å². The van der Waals surface area contributed by atoms with E-state index in [0.717, 1.165) is 12.8 Å². The minimum Gasteiger partial charge on any atom is -0.469 e. The Morgan fingerprint density at radius 3 is 2.25 bits per heavy atom. The van der Waals surface area contributed by atoms with Crippen LogP contribution in [-0.4, -0.2) is 19.6 Å². The molecule has 0 aliphatic heterocycles. The summed E-state index contributed by atoms with van der Waals surface area (Å²) in [5.41, 5.74) is 10.4. The molecular weight excluding hydrogens is 250 g/mol. The van der Waals surface area contributed by atoms with Crippen LogP contribution in [0.15, 0.2) is 12.1 Å². The summed E-state index contributed by atoms with van der Waals surface area (Å²) >= 11 is 0. The summed E-state index contributed by atoms with van der Waals surface area (Å²) in [5, 5.41) is 0. The van der Waals surface area contributed by atoms with Gasteiger partial charge in [0.25, 0.3) is 0 Å². The smallest absolute Gasteiger partial charge is 0.313 e. The second kappa shape index (κ2) is 5.57. The van der Waals surface area contributed by atoms with Crippen LogP contribution >= 0.6 is 0 Å². The summed E-state index contributed by atoms with van der Waals surface area (Å²) in [6.45, 7) is 6.68. The Bertz CT molecular complexity index is 497. The zero-order chi connectivity index (χ0) is 14.9. The third-order valence-electron chi connectivity index (χ3n) is 4.65. The molecule has 1 fully saturated rings. The number of hydrogen-bond donors (Lipinski definition) is 1. The molecule has 0 saturated heterocycles. The minimum atomic E-state index is -0.542. The van der Waals surface area contributed by atoms with Crippen molar-refractivity contribution in [1.29, 1.82) is 0 Å². The van der Waals surface area contributed by atoms with Gasteiger partial charge in [-0.1, -0.05) is 17.7 Å². The molecule has 1 aliphatic rings. The van der Waals surface area contributed by atoms with Crippen LogP contribution in [0.4, 0.5) is 0 Å². The summed E-state index contributed by atoms with van der Waals surface area (Å²) in [5.74, 6) is 0.224. The number of hydrogen-bond acceptors (Lipinski definition) is 3. The van der Waals surface area contributed by atoms with Crippen LogP contribution in [0.3, 0.4) is 0 Å². The summed E-state index contributed by atoms with van der Waals surface area (Å²) < 4.78 is 5.06.